The molecule has 0 fully saturated rings. The van der Waals surface area contributed by atoms with Gasteiger partial charge in [-0.25, -0.2) is 14.4 Å². The van der Waals surface area contributed by atoms with Gasteiger partial charge < -0.3 is 9.55 Å². The predicted molar refractivity (Wildman–Crippen MR) is 115 cm³/mol. The Bertz CT molecular complexity index is 1350. The monoisotopic (exact) mass is 384 g/mol. The number of aromatic nitrogens is 4. The number of pyridine rings is 1. The summed E-state index contributed by atoms with van der Waals surface area (Å²) in [6.45, 7) is 6.08. The van der Waals surface area contributed by atoms with Crippen molar-refractivity contribution in [3.05, 3.63) is 72.4 Å². The molecule has 0 aliphatic carbocycles. The van der Waals surface area contributed by atoms with Gasteiger partial charge >= 0.3 is 0 Å². The number of nitrogens with zero attached hydrogens (tertiary/aromatic N) is 3. The molecule has 4 nitrogen and oxygen atoms in total. The van der Waals surface area contributed by atoms with Crippen molar-refractivity contribution in [1.82, 2.24) is 19.5 Å². The molecule has 0 aliphatic heterocycles. The van der Waals surface area contributed by atoms with E-state index in [1.807, 2.05) is 61.7 Å². The summed E-state index contributed by atoms with van der Waals surface area (Å²) in [5.74, 6) is 0.516. The first-order chi connectivity index (χ1) is 14.0. The third-order valence-corrected chi connectivity index (χ3v) is 5.36. The van der Waals surface area contributed by atoms with Crippen LogP contribution in [0.3, 0.4) is 0 Å². The van der Waals surface area contributed by atoms with E-state index in [4.69, 9.17) is 4.98 Å². The number of imidazole rings is 1. The largest absolute Gasteiger partial charge is 0.345 e. The summed E-state index contributed by atoms with van der Waals surface area (Å²) in [4.78, 5) is 12.4. The van der Waals surface area contributed by atoms with Crippen molar-refractivity contribution in [2.24, 2.45) is 0 Å². The summed E-state index contributed by atoms with van der Waals surface area (Å²) in [7, 11) is 0. The van der Waals surface area contributed by atoms with Crippen LogP contribution in [0, 0.1) is 12.7 Å². The van der Waals surface area contributed by atoms with Crippen LogP contribution in [0.1, 0.15) is 25.7 Å². The molecule has 0 radical (unpaired) electrons. The van der Waals surface area contributed by atoms with Crippen molar-refractivity contribution in [1.29, 1.82) is 0 Å². The maximum Gasteiger partial charge on any atom is 0.151 e. The first-order valence-electron chi connectivity index (χ1n) is 9.75. The van der Waals surface area contributed by atoms with Crippen molar-refractivity contribution < 1.29 is 4.39 Å². The minimum absolute atomic E-state index is 0.202. The summed E-state index contributed by atoms with van der Waals surface area (Å²) in [6, 6.07) is 17.9. The molecule has 1 N–H and O–H groups in total. The number of aromatic amines is 1. The molecule has 0 atom stereocenters. The van der Waals surface area contributed by atoms with Crippen molar-refractivity contribution in [2.75, 3.05) is 0 Å². The highest BCUT2D eigenvalue weighted by molar-refractivity contribution is 5.96. The molecule has 144 valence electrons. The van der Waals surface area contributed by atoms with Crippen LogP contribution in [0.5, 0.6) is 0 Å². The Morgan fingerprint density at radius 3 is 2.52 bits per heavy atom. The number of fused-ring (bicyclic) bond motifs is 2. The highest BCUT2D eigenvalue weighted by atomic mass is 19.1. The molecule has 0 amide bonds. The molecule has 5 aromatic rings. The van der Waals surface area contributed by atoms with Crippen molar-refractivity contribution in [2.45, 2.75) is 26.8 Å². The Balaban J connectivity index is 1.68. The standard InChI is InChI=1S/C24H21FN4/c1-14(2)29-15(3)27-23-20(25)11-17(12-22(23)29)19-13-26-24-18(19)9-10-21(28-24)16-7-5-4-6-8-16/h4-14H,1-3H3,(H,26,28). The number of halogens is 1. The number of nitrogens with one attached hydrogen (secondary N) is 1. The highest BCUT2D eigenvalue weighted by Crippen LogP contribution is 2.33. The smallest absolute Gasteiger partial charge is 0.151 e. The lowest BCUT2D eigenvalue weighted by molar-refractivity contribution is 0.600. The van der Waals surface area contributed by atoms with E-state index in [-0.39, 0.29) is 11.9 Å². The van der Waals surface area contributed by atoms with Crippen LogP contribution < -0.4 is 0 Å². The lowest BCUT2D eigenvalue weighted by Gasteiger charge is -2.11. The number of H-pyrrole nitrogens is 1. The van der Waals surface area contributed by atoms with Crippen LogP contribution in [0.15, 0.2) is 60.8 Å². The summed E-state index contributed by atoms with van der Waals surface area (Å²) in [6.07, 6.45) is 1.90. The van der Waals surface area contributed by atoms with Crippen molar-refractivity contribution in [3.63, 3.8) is 0 Å². The first kappa shape index (κ1) is 17.6. The van der Waals surface area contributed by atoms with Gasteiger partial charge in [0.25, 0.3) is 0 Å². The van der Waals surface area contributed by atoms with Gasteiger partial charge in [-0.15, -0.1) is 0 Å². The molecular formula is C24H21FN4. The molecule has 0 saturated heterocycles. The predicted octanol–water partition coefficient (Wildman–Crippen LogP) is 6.28. The molecule has 0 bridgehead atoms. The topological polar surface area (TPSA) is 46.5 Å². The molecule has 5 rings (SSSR count). The van der Waals surface area contributed by atoms with Crippen molar-refractivity contribution in [3.8, 4) is 22.4 Å². The second kappa shape index (κ2) is 6.55. The zero-order chi connectivity index (χ0) is 20.1. The van der Waals surface area contributed by atoms with Gasteiger partial charge in [0.05, 0.1) is 11.2 Å². The molecule has 0 spiro atoms. The molecule has 0 aliphatic rings. The lowest BCUT2D eigenvalue weighted by atomic mass is 10.0. The summed E-state index contributed by atoms with van der Waals surface area (Å²) in [5.41, 5.74) is 5.74. The number of hydrogen-bond donors (Lipinski definition) is 1. The van der Waals surface area contributed by atoms with E-state index >= 15 is 0 Å². The summed E-state index contributed by atoms with van der Waals surface area (Å²) in [5, 5.41) is 0.968. The first-order valence-corrected chi connectivity index (χ1v) is 9.75. The van der Waals surface area contributed by atoms with Gasteiger partial charge in [-0.2, -0.15) is 0 Å². The number of benzene rings is 2. The second-order valence-corrected chi connectivity index (χ2v) is 7.61. The van der Waals surface area contributed by atoms with Crippen LogP contribution in [0.25, 0.3) is 44.5 Å². The van der Waals surface area contributed by atoms with Gasteiger partial charge in [-0.3, -0.25) is 0 Å². The SMILES string of the molecule is Cc1nc2c(F)cc(-c3c[nH]c4nc(-c5ccccc5)ccc34)cc2n1C(C)C. The molecule has 0 saturated carbocycles. The average molecular weight is 384 g/mol. The third-order valence-electron chi connectivity index (χ3n) is 5.36. The van der Waals surface area contributed by atoms with Gasteiger partial charge in [0.2, 0.25) is 0 Å². The van der Waals surface area contributed by atoms with Crippen LogP contribution in [-0.4, -0.2) is 19.5 Å². The van der Waals surface area contributed by atoms with Gasteiger partial charge in [0, 0.05) is 28.8 Å². The van der Waals surface area contributed by atoms with Gasteiger partial charge in [0.15, 0.2) is 5.82 Å². The molecular weight excluding hydrogens is 363 g/mol. The van der Waals surface area contributed by atoms with E-state index in [1.165, 1.54) is 0 Å². The van der Waals surface area contributed by atoms with Gasteiger partial charge in [0.1, 0.15) is 17.0 Å². The van der Waals surface area contributed by atoms with E-state index in [0.29, 0.717) is 5.52 Å². The quantitative estimate of drug-likeness (QED) is 0.398. The number of rotatable bonds is 3. The Kier molecular flexibility index (Phi) is 3.98. The van der Waals surface area contributed by atoms with Gasteiger partial charge in [-0.1, -0.05) is 30.3 Å². The zero-order valence-electron chi connectivity index (χ0n) is 16.6. The summed E-state index contributed by atoms with van der Waals surface area (Å²) >= 11 is 0. The van der Waals surface area contributed by atoms with E-state index in [1.54, 1.807) is 6.07 Å². The maximum atomic E-state index is 14.9. The van der Waals surface area contributed by atoms with Crippen LogP contribution >= 0.6 is 0 Å². The van der Waals surface area contributed by atoms with Gasteiger partial charge in [-0.05, 0) is 50.6 Å². The Morgan fingerprint density at radius 1 is 0.966 bits per heavy atom. The average Bonchev–Trinajstić information content (AvgIpc) is 3.28. The number of aryl methyl sites for hydroxylation is 1. The lowest BCUT2D eigenvalue weighted by Crippen LogP contribution is -2.02. The normalized spacial score (nSPS) is 11.8. The van der Waals surface area contributed by atoms with Crippen LogP contribution in [0.2, 0.25) is 0 Å². The highest BCUT2D eigenvalue weighted by Gasteiger charge is 2.17. The van der Waals surface area contributed by atoms with Crippen molar-refractivity contribution >= 4 is 22.1 Å². The molecule has 2 aromatic carbocycles. The fraction of sp³-hybridized carbons (Fsp3) is 0.167. The third kappa shape index (κ3) is 2.81. The molecule has 29 heavy (non-hydrogen) atoms. The fourth-order valence-electron chi connectivity index (χ4n) is 4.09. The van der Waals surface area contributed by atoms with E-state index in [2.05, 4.69) is 28.4 Å². The van der Waals surface area contributed by atoms with Crippen LogP contribution in [0.4, 0.5) is 4.39 Å². The molecule has 0 unspecified atom stereocenters. The van der Waals surface area contributed by atoms with E-state index in [0.717, 1.165) is 44.8 Å². The number of hydrogen-bond acceptors (Lipinski definition) is 2. The molecule has 3 heterocycles. The molecule has 5 heteroatoms. The van der Waals surface area contributed by atoms with Crippen LogP contribution in [-0.2, 0) is 0 Å². The Labute approximate surface area is 168 Å². The second-order valence-electron chi connectivity index (χ2n) is 7.61. The summed E-state index contributed by atoms with van der Waals surface area (Å²) < 4.78 is 17.0. The Morgan fingerprint density at radius 2 is 1.76 bits per heavy atom. The minimum Gasteiger partial charge on any atom is -0.345 e. The maximum absolute atomic E-state index is 14.9. The zero-order valence-corrected chi connectivity index (χ0v) is 16.6. The molecule has 3 aromatic heterocycles. The van der Waals surface area contributed by atoms with E-state index in [9.17, 15) is 4.39 Å². The minimum atomic E-state index is -0.303. The fourth-order valence-corrected chi connectivity index (χ4v) is 4.09. The Hall–Kier alpha value is -3.47. The van der Waals surface area contributed by atoms with E-state index < -0.39 is 0 Å².